The lowest BCUT2D eigenvalue weighted by atomic mass is 9.77. The molecular weight excluding hydrogens is 170 g/mol. The summed E-state index contributed by atoms with van der Waals surface area (Å²) in [7, 11) is 0. The second kappa shape index (κ2) is 3.84. The number of fused-ring (bicyclic) bond motifs is 3. The summed E-state index contributed by atoms with van der Waals surface area (Å²) in [6.45, 7) is 8.58. The number of nitrogens with zero attached hydrogens (tertiary/aromatic N) is 1. The van der Waals surface area contributed by atoms with E-state index < -0.39 is 0 Å². The Balaban J connectivity index is 2.03. The Kier molecular flexibility index (Phi) is 2.88. The summed E-state index contributed by atoms with van der Waals surface area (Å²) in [6.07, 6.45) is 8.62. The van der Waals surface area contributed by atoms with Crippen LogP contribution >= 0.6 is 0 Å². The van der Waals surface area contributed by atoms with Crippen LogP contribution in [0.15, 0.2) is 0 Å². The van der Waals surface area contributed by atoms with Gasteiger partial charge in [-0.05, 0) is 51.9 Å². The first-order valence-electron chi connectivity index (χ1n) is 6.40. The topological polar surface area (TPSA) is 3.24 Å². The van der Waals surface area contributed by atoms with Crippen molar-refractivity contribution in [2.24, 2.45) is 5.92 Å². The van der Waals surface area contributed by atoms with E-state index in [2.05, 4.69) is 25.7 Å². The molecule has 14 heavy (non-hydrogen) atoms. The molecule has 1 saturated carbocycles. The molecule has 3 fully saturated rings. The molecule has 2 bridgehead atoms. The summed E-state index contributed by atoms with van der Waals surface area (Å²) in [6, 6.07) is 0.918. The highest BCUT2D eigenvalue weighted by molar-refractivity contribution is 4.95. The predicted molar refractivity (Wildman–Crippen MR) is 61.4 cm³/mol. The van der Waals surface area contributed by atoms with Crippen molar-refractivity contribution in [2.45, 2.75) is 70.9 Å². The van der Waals surface area contributed by atoms with Gasteiger partial charge in [-0.2, -0.15) is 0 Å². The maximum absolute atomic E-state index is 2.81. The molecule has 2 saturated heterocycles. The zero-order valence-corrected chi connectivity index (χ0v) is 10.1. The zero-order valence-electron chi connectivity index (χ0n) is 10.1. The number of hydrogen-bond acceptors (Lipinski definition) is 1. The van der Waals surface area contributed by atoms with Crippen LogP contribution in [0, 0.1) is 5.92 Å². The third kappa shape index (κ3) is 1.84. The van der Waals surface area contributed by atoms with Crippen molar-refractivity contribution < 1.29 is 0 Å². The second-order valence-electron chi connectivity index (χ2n) is 5.89. The van der Waals surface area contributed by atoms with Gasteiger partial charge in [0.1, 0.15) is 0 Å². The lowest BCUT2D eigenvalue weighted by Crippen LogP contribution is -2.57. The lowest BCUT2D eigenvalue weighted by molar-refractivity contribution is -0.0282. The normalized spacial score (nSPS) is 33.6. The van der Waals surface area contributed by atoms with Crippen LogP contribution in [0.1, 0.15) is 59.3 Å². The van der Waals surface area contributed by atoms with Crippen molar-refractivity contribution in [3.8, 4) is 0 Å². The Morgan fingerprint density at radius 1 is 1.14 bits per heavy atom. The molecule has 1 nitrogen and oxygen atoms in total. The average Bonchev–Trinajstić information content (AvgIpc) is 2.19. The average molecular weight is 195 g/mol. The molecular formula is C13H25N. The standard InChI is InChI=1S/C13H25N/c1-4-9-13(2,3)14-10-11-5-7-12(14)8-6-11/h11-12H,4-10H2,1-3H3. The van der Waals surface area contributed by atoms with Crippen molar-refractivity contribution in [3.63, 3.8) is 0 Å². The molecule has 3 aliphatic rings. The minimum Gasteiger partial charge on any atom is -0.295 e. The van der Waals surface area contributed by atoms with Gasteiger partial charge in [0.2, 0.25) is 0 Å². The summed E-state index contributed by atoms with van der Waals surface area (Å²) in [5.41, 5.74) is 0.457. The highest BCUT2D eigenvalue weighted by Gasteiger charge is 2.40. The maximum atomic E-state index is 2.81. The summed E-state index contributed by atoms with van der Waals surface area (Å²) >= 11 is 0. The first-order chi connectivity index (χ1) is 6.63. The third-order valence-electron chi connectivity index (χ3n) is 4.35. The minimum atomic E-state index is 0.457. The Labute approximate surface area is 88.9 Å². The van der Waals surface area contributed by atoms with Gasteiger partial charge in [-0.15, -0.1) is 0 Å². The van der Waals surface area contributed by atoms with E-state index in [1.54, 1.807) is 0 Å². The highest BCUT2D eigenvalue weighted by atomic mass is 15.2. The summed E-state index contributed by atoms with van der Waals surface area (Å²) < 4.78 is 0. The lowest BCUT2D eigenvalue weighted by Gasteiger charge is -2.52. The van der Waals surface area contributed by atoms with Crippen molar-refractivity contribution in [3.05, 3.63) is 0 Å². The second-order valence-corrected chi connectivity index (χ2v) is 5.89. The predicted octanol–water partition coefficient (Wildman–Crippen LogP) is 3.44. The van der Waals surface area contributed by atoms with E-state index in [4.69, 9.17) is 0 Å². The van der Waals surface area contributed by atoms with Crippen LogP contribution < -0.4 is 0 Å². The number of piperidine rings is 2. The molecule has 2 aliphatic heterocycles. The molecule has 0 unspecified atom stereocenters. The molecule has 0 N–H and O–H groups in total. The van der Waals surface area contributed by atoms with E-state index in [1.807, 2.05) is 0 Å². The molecule has 0 aromatic heterocycles. The molecule has 0 radical (unpaired) electrons. The Morgan fingerprint density at radius 2 is 1.79 bits per heavy atom. The van der Waals surface area contributed by atoms with Crippen LogP contribution in [0.25, 0.3) is 0 Å². The van der Waals surface area contributed by atoms with Gasteiger partial charge in [0.25, 0.3) is 0 Å². The fourth-order valence-electron chi connectivity index (χ4n) is 3.56. The van der Waals surface area contributed by atoms with E-state index in [-0.39, 0.29) is 0 Å². The van der Waals surface area contributed by atoms with E-state index in [0.717, 1.165) is 12.0 Å². The van der Waals surface area contributed by atoms with Gasteiger partial charge < -0.3 is 0 Å². The molecule has 0 aromatic rings. The van der Waals surface area contributed by atoms with Gasteiger partial charge in [0.05, 0.1) is 0 Å². The van der Waals surface area contributed by atoms with Gasteiger partial charge in [0.15, 0.2) is 0 Å². The van der Waals surface area contributed by atoms with Gasteiger partial charge >= 0.3 is 0 Å². The van der Waals surface area contributed by atoms with Crippen LogP contribution in [0.5, 0.6) is 0 Å². The van der Waals surface area contributed by atoms with Crippen LogP contribution in [-0.2, 0) is 0 Å². The fraction of sp³-hybridized carbons (Fsp3) is 1.00. The molecule has 0 amide bonds. The molecule has 1 heteroatoms. The van der Waals surface area contributed by atoms with Gasteiger partial charge in [-0.25, -0.2) is 0 Å². The van der Waals surface area contributed by atoms with Gasteiger partial charge in [0, 0.05) is 18.1 Å². The van der Waals surface area contributed by atoms with Crippen molar-refractivity contribution in [1.29, 1.82) is 0 Å². The van der Waals surface area contributed by atoms with Gasteiger partial charge in [-0.1, -0.05) is 13.3 Å². The van der Waals surface area contributed by atoms with Crippen LogP contribution in [0.2, 0.25) is 0 Å². The summed E-state index contributed by atoms with van der Waals surface area (Å²) in [4.78, 5) is 2.81. The van der Waals surface area contributed by atoms with Crippen LogP contribution in [0.3, 0.4) is 0 Å². The Hall–Kier alpha value is -0.0400. The monoisotopic (exact) mass is 195 g/mol. The quantitative estimate of drug-likeness (QED) is 0.667. The summed E-state index contributed by atoms with van der Waals surface area (Å²) in [5.74, 6) is 1.02. The van der Waals surface area contributed by atoms with Crippen LogP contribution in [0.4, 0.5) is 0 Å². The van der Waals surface area contributed by atoms with Crippen LogP contribution in [-0.4, -0.2) is 23.0 Å². The highest BCUT2D eigenvalue weighted by Crippen LogP contribution is 2.39. The number of rotatable bonds is 3. The van der Waals surface area contributed by atoms with E-state index in [1.165, 1.54) is 45.1 Å². The largest absolute Gasteiger partial charge is 0.295 e. The summed E-state index contributed by atoms with van der Waals surface area (Å²) in [5, 5.41) is 0. The van der Waals surface area contributed by atoms with Crippen molar-refractivity contribution in [1.82, 2.24) is 4.90 Å². The SMILES string of the molecule is CCCC(C)(C)N1CC2CCC1CC2. The smallest absolute Gasteiger partial charge is 0.0156 e. The maximum Gasteiger partial charge on any atom is 0.0156 e. The molecule has 2 heterocycles. The minimum absolute atomic E-state index is 0.457. The Bertz CT molecular complexity index is 189. The molecule has 82 valence electrons. The van der Waals surface area contributed by atoms with E-state index in [0.29, 0.717) is 5.54 Å². The molecule has 0 atom stereocenters. The Morgan fingerprint density at radius 3 is 2.21 bits per heavy atom. The molecule has 3 rings (SSSR count). The van der Waals surface area contributed by atoms with Gasteiger partial charge in [-0.3, -0.25) is 4.90 Å². The van der Waals surface area contributed by atoms with Crippen molar-refractivity contribution >= 4 is 0 Å². The molecule has 1 aliphatic carbocycles. The first-order valence-corrected chi connectivity index (χ1v) is 6.40. The molecule has 0 spiro atoms. The zero-order chi connectivity index (χ0) is 10.2. The van der Waals surface area contributed by atoms with E-state index >= 15 is 0 Å². The van der Waals surface area contributed by atoms with Crippen molar-refractivity contribution in [2.75, 3.05) is 6.54 Å². The first kappa shape index (κ1) is 10.5. The number of hydrogen-bond donors (Lipinski definition) is 0. The fourth-order valence-corrected chi connectivity index (χ4v) is 3.56. The molecule has 0 aromatic carbocycles. The van der Waals surface area contributed by atoms with E-state index in [9.17, 15) is 0 Å². The third-order valence-corrected chi connectivity index (χ3v) is 4.35.